The number of likely N-dealkylation sites (N-methyl/N-ethyl adjacent to an activating group) is 1. The van der Waals surface area contributed by atoms with E-state index >= 15 is 0 Å². The summed E-state index contributed by atoms with van der Waals surface area (Å²) in [5.41, 5.74) is 18.9. The van der Waals surface area contributed by atoms with Crippen molar-refractivity contribution in [2.24, 2.45) is 42.0 Å². The SMILES string of the molecule is CCC(C)[C@@H](CCC(=O)N[C@@H](CC(C)C)C(N)=O)NC(=O)[C@H](Cc1cncn1C)N(C)C(=O)CNC(=O)[C@@H](NC(=O)[C@H](C)NC(=O)[C@H](Cc1c[nH]c2ccccc12)NC(=O)[C@@H](N)CCC(N)=O)C(C)C. The van der Waals surface area contributed by atoms with Crippen LogP contribution in [0, 0.1) is 17.8 Å². The van der Waals surface area contributed by atoms with Crippen LogP contribution in [-0.2, 0) is 63.0 Å². The molecule has 0 spiro atoms. The molecular formula is C48H75N13O9. The molecule has 0 aliphatic carbocycles. The van der Waals surface area contributed by atoms with E-state index in [2.05, 4.69) is 41.9 Å². The first-order chi connectivity index (χ1) is 32.9. The number of nitrogens with zero attached hydrogens (tertiary/aromatic N) is 3. The number of benzene rings is 1. The molecule has 0 radical (unpaired) electrons. The van der Waals surface area contributed by atoms with Crippen LogP contribution in [-0.4, -0.2) is 128 Å². The largest absolute Gasteiger partial charge is 0.370 e. The van der Waals surface area contributed by atoms with E-state index in [9.17, 15) is 43.2 Å². The summed E-state index contributed by atoms with van der Waals surface area (Å²) in [6, 6.07) is 0.250. The van der Waals surface area contributed by atoms with Crippen molar-refractivity contribution in [2.45, 2.75) is 142 Å². The van der Waals surface area contributed by atoms with Crippen LogP contribution >= 0.6 is 0 Å². The Balaban J connectivity index is 1.71. The number of aromatic nitrogens is 3. The standard InChI is InChI=1S/C48H75N13O9/c1-10-28(6)34(16-18-40(63)56-36(43(51)65)19-26(2)3)57-47(69)38(21-31-23-52-25-60(31)8)61(9)41(64)24-54-48(70)42(27(4)5)59-44(66)29(7)55-46(68)37(58-45(67)33(49)15-17-39(50)62)20-30-22-53-35-14-12-11-13-32(30)35/h11-14,22-23,25-29,33-34,36-38,42,53H,10,15-21,24,49H2,1-9H3,(H2,50,62)(H2,51,65)(H,54,70)(H,55,68)(H,56,63)(H,57,69)(H,58,67)(H,59,66)/t28?,29-,33-,34+,36-,37-,38-,42-/m0/s1. The number of H-pyrrole nitrogens is 1. The van der Waals surface area contributed by atoms with Gasteiger partial charge in [0.2, 0.25) is 53.2 Å². The Labute approximate surface area is 409 Å². The summed E-state index contributed by atoms with van der Waals surface area (Å²) in [4.78, 5) is 127. The average Bonchev–Trinajstić information content (AvgIpc) is 3.92. The molecule has 0 aliphatic rings. The van der Waals surface area contributed by atoms with Crippen molar-refractivity contribution >= 4 is 64.1 Å². The molecule has 0 aliphatic heterocycles. The molecule has 1 unspecified atom stereocenters. The Hall–Kier alpha value is -6.84. The van der Waals surface area contributed by atoms with Gasteiger partial charge in [0.05, 0.1) is 18.9 Å². The zero-order valence-corrected chi connectivity index (χ0v) is 41.9. The van der Waals surface area contributed by atoms with Crippen molar-refractivity contribution < 1.29 is 43.2 Å². The van der Waals surface area contributed by atoms with Crippen LogP contribution in [0.5, 0.6) is 0 Å². The highest BCUT2D eigenvalue weighted by Crippen LogP contribution is 2.20. The molecule has 22 heteroatoms. The molecule has 22 nitrogen and oxygen atoms in total. The smallest absolute Gasteiger partial charge is 0.243 e. The number of imidazole rings is 1. The summed E-state index contributed by atoms with van der Waals surface area (Å²) in [5.74, 6) is -6.08. The molecule has 386 valence electrons. The van der Waals surface area contributed by atoms with E-state index in [4.69, 9.17) is 17.2 Å². The lowest BCUT2D eigenvalue weighted by molar-refractivity contribution is -0.140. The Morgan fingerprint density at radius 2 is 1.47 bits per heavy atom. The van der Waals surface area contributed by atoms with E-state index in [1.807, 2.05) is 52.0 Å². The zero-order chi connectivity index (χ0) is 52.4. The third-order valence-corrected chi connectivity index (χ3v) is 12.4. The summed E-state index contributed by atoms with van der Waals surface area (Å²) >= 11 is 0. The Morgan fingerprint density at radius 1 is 0.786 bits per heavy atom. The van der Waals surface area contributed by atoms with Crippen LogP contribution in [0.25, 0.3) is 10.9 Å². The Kier molecular flexibility index (Phi) is 22.5. The molecule has 3 rings (SSSR count). The van der Waals surface area contributed by atoms with Gasteiger partial charge in [-0.25, -0.2) is 4.98 Å². The maximum absolute atomic E-state index is 14.2. The molecule has 0 saturated heterocycles. The van der Waals surface area contributed by atoms with Gasteiger partial charge < -0.3 is 63.6 Å². The molecule has 13 N–H and O–H groups in total. The first-order valence-electron chi connectivity index (χ1n) is 23.8. The fraction of sp³-hybridized carbons (Fsp3) is 0.583. The van der Waals surface area contributed by atoms with Crippen molar-refractivity contribution in [3.8, 4) is 0 Å². The number of nitrogens with two attached hydrogens (primary N) is 3. The van der Waals surface area contributed by atoms with Crippen LogP contribution in [0.3, 0.4) is 0 Å². The maximum Gasteiger partial charge on any atom is 0.243 e. The predicted molar refractivity (Wildman–Crippen MR) is 262 cm³/mol. The second kappa shape index (κ2) is 27.4. The lowest BCUT2D eigenvalue weighted by Gasteiger charge is -2.31. The quantitative estimate of drug-likeness (QED) is 0.0430. The van der Waals surface area contributed by atoms with Crippen LogP contribution in [0.1, 0.15) is 98.2 Å². The number of amides is 9. The highest BCUT2D eigenvalue weighted by atomic mass is 16.2. The van der Waals surface area contributed by atoms with Crippen molar-refractivity contribution in [1.82, 2.24) is 51.3 Å². The minimum Gasteiger partial charge on any atom is -0.370 e. The van der Waals surface area contributed by atoms with Gasteiger partial charge in [0.15, 0.2) is 0 Å². The van der Waals surface area contributed by atoms with E-state index in [0.717, 1.165) is 10.9 Å². The van der Waals surface area contributed by atoms with E-state index in [-0.39, 0.29) is 56.3 Å². The van der Waals surface area contributed by atoms with Crippen LogP contribution in [0.15, 0.2) is 43.0 Å². The molecule has 2 aromatic heterocycles. The number of nitrogens with one attached hydrogen (secondary N) is 7. The van der Waals surface area contributed by atoms with Crippen LogP contribution < -0.4 is 49.1 Å². The molecule has 70 heavy (non-hydrogen) atoms. The number of fused-ring (bicyclic) bond motifs is 1. The van der Waals surface area contributed by atoms with Gasteiger partial charge >= 0.3 is 0 Å². The van der Waals surface area contributed by atoms with E-state index < -0.39 is 102 Å². The number of carbonyl (C=O) groups excluding carboxylic acids is 9. The second-order valence-electron chi connectivity index (χ2n) is 18.8. The minimum atomic E-state index is -1.21. The lowest BCUT2D eigenvalue weighted by Crippen LogP contribution is -2.59. The first-order valence-corrected chi connectivity index (χ1v) is 23.8. The van der Waals surface area contributed by atoms with Gasteiger partial charge in [0.25, 0.3) is 0 Å². The number of aryl methyl sites for hydroxylation is 1. The van der Waals surface area contributed by atoms with Crippen molar-refractivity contribution in [2.75, 3.05) is 13.6 Å². The summed E-state index contributed by atoms with van der Waals surface area (Å²) in [7, 11) is 3.19. The van der Waals surface area contributed by atoms with Gasteiger partial charge in [0, 0.05) is 74.8 Å². The van der Waals surface area contributed by atoms with Crippen molar-refractivity contribution in [3.63, 3.8) is 0 Å². The van der Waals surface area contributed by atoms with E-state index in [0.29, 0.717) is 24.1 Å². The molecule has 2 heterocycles. The lowest BCUT2D eigenvalue weighted by atomic mass is 9.94. The molecule has 1 aromatic carbocycles. The van der Waals surface area contributed by atoms with Gasteiger partial charge in [-0.3, -0.25) is 43.2 Å². The molecule has 3 aromatic rings. The fourth-order valence-electron chi connectivity index (χ4n) is 7.72. The van der Waals surface area contributed by atoms with Crippen LogP contribution in [0.2, 0.25) is 0 Å². The molecule has 8 atom stereocenters. The normalized spacial score (nSPS) is 14.8. The van der Waals surface area contributed by atoms with Gasteiger partial charge in [-0.1, -0.05) is 66.2 Å². The Morgan fingerprint density at radius 3 is 2.07 bits per heavy atom. The number of aromatic amines is 1. The van der Waals surface area contributed by atoms with Crippen molar-refractivity contribution in [3.05, 3.63) is 54.2 Å². The summed E-state index contributed by atoms with van der Waals surface area (Å²) < 4.78 is 1.72. The molecule has 0 fully saturated rings. The third-order valence-electron chi connectivity index (χ3n) is 12.4. The number of rotatable bonds is 29. The number of hydrogen-bond acceptors (Lipinski definition) is 11. The highest BCUT2D eigenvalue weighted by molar-refractivity contribution is 5.96. The number of primary amides is 2. The molecule has 9 amide bonds. The highest BCUT2D eigenvalue weighted by Gasteiger charge is 2.34. The topological polar surface area (TPSA) is 341 Å². The summed E-state index contributed by atoms with van der Waals surface area (Å²) in [6.45, 7) is 11.9. The predicted octanol–water partition coefficient (Wildman–Crippen LogP) is -0.320. The number of hydrogen-bond donors (Lipinski definition) is 10. The first kappa shape index (κ1) is 57.5. The van der Waals surface area contributed by atoms with E-state index in [1.165, 1.54) is 18.9 Å². The fourth-order valence-corrected chi connectivity index (χ4v) is 7.72. The molecular weight excluding hydrogens is 903 g/mol. The van der Waals surface area contributed by atoms with Crippen molar-refractivity contribution in [1.29, 1.82) is 0 Å². The summed E-state index contributed by atoms with van der Waals surface area (Å²) in [6.07, 6.45) is 6.02. The average molecular weight is 978 g/mol. The Bertz CT molecular complexity index is 2290. The van der Waals surface area contributed by atoms with Crippen LogP contribution in [0.4, 0.5) is 0 Å². The maximum atomic E-state index is 14.2. The second-order valence-corrected chi connectivity index (χ2v) is 18.8. The summed E-state index contributed by atoms with van der Waals surface area (Å²) in [5, 5.41) is 17.1. The van der Waals surface area contributed by atoms with Gasteiger partial charge in [-0.2, -0.15) is 0 Å². The van der Waals surface area contributed by atoms with E-state index in [1.54, 1.807) is 44.2 Å². The number of carbonyl (C=O) groups is 9. The monoisotopic (exact) mass is 978 g/mol. The van der Waals surface area contributed by atoms with Gasteiger partial charge in [-0.15, -0.1) is 0 Å². The molecule has 0 bridgehead atoms. The van der Waals surface area contributed by atoms with Gasteiger partial charge in [0.1, 0.15) is 30.2 Å². The van der Waals surface area contributed by atoms with Gasteiger partial charge in [-0.05, 0) is 55.6 Å². The molecule has 0 saturated carbocycles. The third kappa shape index (κ3) is 17.6. The minimum absolute atomic E-state index is 0.00356. The zero-order valence-electron chi connectivity index (χ0n) is 41.9. The number of para-hydroxylation sites is 1.